The van der Waals surface area contributed by atoms with Crippen molar-refractivity contribution >= 4 is 5.69 Å². The predicted molar refractivity (Wildman–Crippen MR) is 94.6 cm³/mol. The number of nitro benzene ring substituents is 1. The van der Waals surface area contributed by atoms with Crippen molar-refractivity contribution in [2.45, 2.75) is 13.0 Å². The molecule has 2 aromatic carbocycles. The first-order valence-electron chi connectivity index (χ1n) is 7.93. The average molecular weight is 364 g/mol. The van der Waals surface area contributed by atoms with Crippen LogP contribution in [-0.2, 0) is 13.0 Å². The number of hydrogen-bond donors (Lipinski definition) is 1. The molecule has 0 radical (unpaired) electrons. The number of rotatable bonds is 9. The molecular weight excluding hydrogens is 343 g/mol. The zero-order chi connectivity index (χ0) is 19.1. The molecule has 0 aromatic heterocycles. The third-order valence-corrected chi connectivity index (χ3v) is 3.92. The molecule has 0 unspecified atom stereocenters. The van der Waals surface area contributed by atoms with Crippen LogP contribution in [0.4, 0.5) is 10.1 Å². The lowest BCUT2D eigenvalue weighted by Gasteiger charge is -2.13. The molecule has 7 nitrogen and oxygen atoms in total. The summed E-state index contributed by atoms with van der Waals surface area (Å²) in [6.45, 7) is 0.977. The van der Waals surface area contributed by atoms with E-state index in [1.807, 2.05) is 0 Å². The van der Waals surface area contributed by atoms with E-state index in [2.05, 4.69) is 5.32 Å². The summed E-state index contributed by atoms with van der Waals surface area (Å²) in [5.41, 5.74) is 1.33. The lowest BCUT2D eigenvalue weighted by atomic mass is 10.1. The quantitative estimate of drug-likeness (QED) is 0.418. The van der Waals surface area contributed by atoms with Crippen LogP contribution in [-0.4, -0.2) is 32.8 Å². The van der Waals surface area contributed by atoms with Gasteiger partial charge in [0.15, 0.2) is 17.3 Å². The van der Waals surface area contributed by atoms with Gasteiger partial charge in [-0.15, -0.1) is 0 Å². The summed E-state index contributed by atoms with van der Waals surface area (Å²) >= 11 is 0. The van der Waals surface area contributed by atoms with Gasteiger partial charge in [0, 0.05) is 12.1 Å². The molecule has 0 spiro atoms. The number of methoxy groups -OCH3 is 3. The number of para-hydroxylation sites is 1. The van der Waals surface area contributed by atoms with Crippen LogP contribution < -0.4 is 19.5 Å². The molecule has 26 heavy (non-hydrogen) atoms. The Hall–Kier alpha value is -2.87. The Balaban J connectivity index is 2.06. The van der Waals surface area contributed by atoms with Gasteiger partial charge in [0.1, 0.15) is 5.75 Å². The third-order valence-electron chi connectivity index (χ3n) is 3.92. The maximum absolute atomic E-state index is 13.7. The number of nitro groups is 1. The van der Waals surface area contributed by atoms with E-state index in [0.717, 1.165) is 5.56 Å². The van der Waals surface area contributed by atoms with Gasteiger partial charge in [-0.25, -0.2) is 4.39 Å². The summed E-state index contributed by atoms with van der Waals surface area (Å²) < 4.78 is 29.1. The maximum Gasteiger partial charge on any atom is 0.314 e. The third kappa shape index (κ3) is 4.40. The summed E-state index contributed by atoms with van der Waals surface area (Å²) in [6.07, 6.45) is 0.551. The molecule has 0 fully saturated rings. The van der Waals surface area contributed by atoms with Crippen LogP contribution >= 0.6 is 0 Å². The van der Waals surface area contributed by atoms with Crippen molar-refractivity contribution in [2.24, 2.45) is 0 Å². The predicted octanol–water partition coefficient (Wildman–Crippen LogP) is 3.09. The van der Waals surface area contributed by atoms with Gasteiger partial charge in [-0.05, 0) is 30.7 Å². The topological polar surface area (TPSA) is 82.9 Å². The van der Waals surface area contributed by atoms with E-state index >= 15 is 0 Å². The fourth-order valence-corrected chi connectivity index (χ4v) is 2.65. The lowest BCUT2D eigenvalue weighted by molar-refractivity contribution is -0.385. The van der Waals surface area contributed by atoms with Crippen molar-refractivity contribution in [1.29, 1.82) is 0 Å². The Kier molecular flexibility index (Phi) is 6.74. The smallest absolute Gasteiger partial charge is 0.314 e. The Labute approximate surface area is 150 Å². The van der Waals surface area contributed by atoms with Crippen molar-refractivity contribution in [3.63, 3.8) is 0 Å². The Morgan fingerprint density at radius 1 is 1.08 bits per heavy atom. The van der Waals surface area contributed by atoms with Gasteiger partial charge >= 0.3 is 5.69 Å². The second-order valence-corrected chi connectivity index (χ2v) is 5.45. The Morgan fingerprint density at radius 3 is 2.42 bits per heavy atom. The molecule has 0 bridgehead atoms. The highest BCUT2D eigenvalue weighted by molar-refractivity contribution is 5.55. The molecule has 0 aliphatic heterocycles. The molecule has 1 N–H and O–H groups in total. The van der Waals surface area contributed by atoms with Crippen LogP contribution in [0.5, 0.6) is 17.2 Å². The van der Waals surface area contributed by atoms with E-state index in [-0.39, 0.29) is 17.2 Å². The van der Waals surface area contributed by atoms with Crippen molar-refractivity contribution in [3.05, 3.63) is 57.4 Å². The van der Waals surface area contributed by atoms with Crippen LogP contribution in [0.15, 0.2) is 30.3 Å². The van der Waals surface area contributed by atoms with Crippen molar-refractivity contribution in [1.82, 2.24) is 5.32 Å². The van der Waals surface area contributed by atoms with Gasteiger partial charge in [-0.1, -0.05) is 12.1 Å². The second kappa shape index (κ2) is 9.00. The summed E-state index contributed by atoms with van der Waals surface area (Å²) in [6, 6.07) is 7.70. The molecule has 0 saturated heterocycles. The molecule has 0 aliphatic rings. The lowest BCUT2D eigenvalue weighted by Crippen LogP contribution is -2.17. The monoisotopic (exact) mass is 364 g/mol. The zero-order valence-corrected chi connectivity index (χ0v) is 14.9. The largest absolute Gasteiger partial charge is 0.496 e. The molecule has 8 heteroatoms. The van der Waals surface area contributed by atoms with Gasteiger partial charge < -0.3 is 19.5 Å². The van der Waals surface area contributed by atoms with Crippen LogP contribution in [0, 0.1) is 15.9 Å². The highest BCUT2D eigenvalue weighted by atomic mass is 19.1. The number of ether oxygens (including phenoxy) is 3. The SMILES string of the molecule is COc1cc([N+](=O)[O-])c(OC)cc1CCNCc1cccc(F)c1OC. The Bertz CT molecular complexity index is 782. The molecule has 2 aromatic rings. The molecule has 0 amide bonds. The molecule has 0 aliphatic carbocycles. The summed E-state index contributed by atoms with van der Waals surface area (Å²) in [4.78, 5) is 10.6. The highest BCUT2D eigenvalue weighted by Crippen LogP contribution is 2.34. The minimum Gasteiger partial charge on any atom is -0.496 e. The fourth-order valence-electron chi connectivity index (χ4n) is 2.65. The van der Waals surface area contributed by atoms with E-state index in [1.165, 1.54) is 33.5 Å². The number of halogens is 1. The van der Waals surface area contributed by atoms with Crippen LogP contribution in [0.2, 0.25) is 0 Å². The molecule has 0 atom stereocenters. The van der Waals surface area contributed by atoms with E-state index < -0.39 is 10.7 Å². The summed E-state index contributed by atoms with van der Waals surface area (Å²) in [5.74, 6) is 0.406. The Morgan fingerprint density at radius 2 is 1.81 bits per heavy atom. The van der Waals surface area contributed by atoms with Gasteiger partial charge in [0.05, 0.1) is 32.3 Å². The summed E-state index contributed by atoms with van der Waals surface area (Å²) in [7, 11) is 4.27. The van der Waals surface area contributed by atoms with Crippen LogP contribution in [0.25, 0.3) is 0 Å². The minimum atomic E-state index is -0.514. The molecule has 140 valence electrons. The van der Waals surface area contributed by atoms with E-state index in [4.69, 9.17) is 14.2 Å². The average Bonchev–Trinajstić information content (AvgIpc) is 2.64. The minimum absolute atomic E-state index is 0.148. The van der Waals surface area contributed by atoms with Crippen molar-refractivity contribution < 1.29 is 23.5 Å². The number of benzene rings is 2. The van der Waals surface area contributed by atoms with Gasteiger partial charge in [-0.2, -0.15) is 0 Å². The van der Waals surface area contributed by atoms with E-state index in [0.29, 0.717) is 30.8 Å². The van der Waals surface area contributed by atoms with Gasteiger partial charge in [-0.3, -0.25) is 10.1 Å². The normalized spacial score (nSPS) is 10.5. The summed E-state index contributed by atoms with van der Waals surface area (Å²) in [5, 5.41) is 14.3. The first-order valence-corrected chi connectivity index (χ1v) is 7.93. The molecule has 2 rings (SSSR count). The van der Waals surface area contributed by atoms with Gasteiger partial charge in [0.25, 0.3) is 0 Å². The fraction of sp³-hybridized carbons (Fsp3) is 0.333. The number of nitrogens with one attached hydrogen (secondary N) is 1. The van der Waals surface area contributed by atoms with Crippen molar-refractivity contribution in [2.75, 3.05) is 27.9 Å². The first kappa shape index (κ1) is 19.5. The van der Waals surface area contributed by atoms with Crippen molar-refractivity contribution in [3.8, 4) is 17.2 Å². The highest BCUT2D eigenvalue weighted by Gasteiger charge is 2.19. The maximum atomic E-state index is 13.7. The van der Waals surface area contributed by atoms with Crippen LogP contribution in [0.1, 0.15) is 11.1 Å². The molecule has 0 saturated carbocycles. The standard InChI is InChI=1S/C18H21FN2O5/c1-24-16-10-15(21(22)23)17(25-2)9-12(16)7-8-20-11-13-5-4-6-14(19)18(13)26-3/h4-6,9-10,20H,7-8,11H2,1-3H3. The molecule has 0 heterocycles. The van der Waals surface area contributed by atoms with Crippen LogP contribution in [0.3, 0.4) is 0 Å². The zero-order valence-electron chi connectivity index (χ0n) is 14.9. The van der Waals surface area contributed by atoms with E-state index in [9.17, 15) is 14.5 Å². The second-order valence-electron chi connectivity index (χ2n) is 5.45. The number of hydrogen-bond acceptors (Lipinski definition) is 6. The first-order chi connectivity index (χ1) is 12.5. The van der Waals surface area contributed by atoms with Gasteiger partial charge in [0.2, 0.25) is 0 Å². The number of nitrogens with zero attached hydrogens (tertiary/aromatic N) is 1. The van der Waals surface area contributed by atoms with E-state index in [1.54, 1.807) is 18.2 Å². The molecular formula is C18H21FN2O5.